The van der Waals surface area contributed by atoms with Gasteiger partial charge in [0.25, 0.3) is 5.96 Å². The van der Waals surface area contributed by atoms with Crippen LogP contribution in [-0.4, -0.2) is 27.7 Å². The Morgan fingerprint density at radius 2 is 1.80 bits per heavy atom. The molecule has 0 aliphatic carbocycles. The Bertz CT molecular complexity index is 902. The summed E-state index contributed by atoms with van der Waals surface area (Å²) in [5.41, 5.74) is 12.0. The average molecular weight is 363 g/mol. The molecule has 0 spiro atoms. The van der Waals surface area contributed by atoms with E-state index < -0.39 is 10.1 Å². The average Bonchev–Trinajstić information content (AvgIpc) is 2.56. The summed E-state index contributed by atoms with van der Waals surface area (Å²) < 4.78 is 35.1. The lowest BCUT2D eigenvalue weighted by atomic mass is 10.2. The molecule has 0 saturated heterocycles. The molecule has 0 heterocycles. The quantitative estimate of drug-likeness (QED) is 0.273. The number of rotatable bonds is 6. The van der Waals surface area contributed by atoms with Crippen molar-refractivity contribution in [1.29, 1.82) is 0 Å². The molecule has 0 saturated carbocycles. The summed E-state index contributed by atoms with van der Waals surface area (Å²) in [6.45, 7) is 1.87. The summed E-state index contributed by atoms with van der Waals surface area (Å²) in [5.74, 6) is 0.199. The third-order valence-corrected chi connectivity index (χ3v) is 4.37. The number of hydrogen-bond acceptors (Lipinski definition) is 5. The first-order valence-corrected chi connectivity index (χ1v) is 8.59. The van der Waals surface area contributed by atoms with Gasteiger partial charge in [0.1, 0.15) is 4.90 Å². The number of aryl methyl sites for hydroxylation is 1. The Balaban J connectivity index is 2.28. The van der Waals surface area contributed by atoms with Crippen molar-refractivity contribution in [2.24, 2.45) is 16.6 Å². The molecule has 9 heteroatoms. The van der Waals surface area contributed by atoms with Gasteiger partial charge in [0.15, 0.2) is 11.5 Å². The number of methoxy groups -OCH3 is 1. The normalized spacial score (nSPS) is 11.3. The van der Waals surface area contributed by atoms with Crippen LogP contribution in [0.4, 0.5) is 0 Å². The van der Waals surface area contributed by atoms with E-state index in [4.69, 9.17) is 20.4 Å². The molecule has 25 heavy (non-hydrogen) atoms. The number of guanidine groups is 1. The maximum absolute atomic E-state index is 12.4. The number of nitrogens with zero attached hydrogens (tertiary/aromatic N) is 1. The van der Waals surface area contributed by atoms with Crippen molar-refractivity contribution >= 4 is 22.3 Å². The number of nitrogens with two attached hydrogens (primary N) is 2. The Kier molecular flexibility index (Phi) is 5.60. The van der Waals surface area contributed by atoms with Gasteiger partial charge in [-0.2, -0.15) is 8.42 Å². The van der Waals surface area contributed by atoms with Crippen LogP contribution in [0.2, 0.25) is 0 Å². The molecule has 8 nitrogen and oxygen atoms in total. The summed E-state index contributed by atoms with van der Waals surface area (Å²) >= 11 is 0. The van der Waals surface area contributed by atoms with Crippen molar-refractivity contribution in [2.45, 2.75) is 11.8 Å². The van der Waals surface area contributed by atoms with Gasteiger partial charge in [-0.15, -0.1) is 5.10 Å². The predicted octanol–water partition coefficient (Wildman–Crippen LogP) is -0.541. The van der Waals surface area contributed by atoms with Gasteiger partial charge in [0, 0.05) is 10.7 Å². The number of nitrogens with one attached hydrogen (secondary N) is 1. The van der Waals surface area contributed by atoms with Crippen LogP contribution < -0.4 is 25.5 Å². The number of hydrazone groups is 1. The zero-order valence-electron chi connectivity index (χ0n) is 13.8. The Labute approximate surface area is 145 Å². The zero-order chi connectivity index (χ0) is 18.4. The molecule has 0 atom stereocenters. The molecule has 2 aromatic rings. The first kappa shape index (κ1) is 18.3. The molecule has 0 aliphatic rings. The van der Waals surface area contributed by atoms with E-state index in [1.165, 1.54) is 31.5 Å². The van der Waals surface area contributed by atoms with Crippen LogP contribution in [0.1, 0.15) is 11.1 Å². The molecular formula is C16H19N4O4S+. The minimum atomic E-state index is -3.96. The van der Waals surface area contributed by atoms with Gasteiger partial charge in [0.2, 0.25) is 6.21 Å². The maximum Gasteiger partial charge on any atom is 0.339 e. The summed E-state index contributed by atoms with van der Waals surface area (Å²) in [7, 11) is -2.55. The molecule has 0 fully saturated rings. The van der Waals surface area contributed by atoms with Crippen LogP contribution in [-0.2, 0) is 10.1 Å². The first-order chi connectivity index (χ1) is 11.8. The fraction of sp³-hybridized carbons (Fsp3) is 0.125. The van der Waals surface area contributed by atoms with Crippen LogP contribution in [0.5, 0.6) is 11.5 Å². The van der Waals surface area contributed by atoms with E-state index in [0.717, 1.165) is 5.56 Å². The monoisotopic (exact) mass is 363 g/mol. The fourth-order valence-electron chi connectivity index (χ4n) is 1.90. The van der Waals surface area contributed by atoms with E-state index in [2.05, 4.69) is 10.2 Å². The van der Waals surface area contributed by atoms with E-state index in [-0.39, 0.29) is 22.4 Å². The second-order valence-electron chi connectivity index (χ2n) is 5.07. The molecule has 5 N–H and O–H groups in total. The summed E-state index contributed by atoms with van der Waals surface area (Å²) in [4.78, 5) is 0.0604. The lowest BCUT2D eigenvalue weighted by Gasteiger charge is -2.11. The molecule has 0 aromatic heterocycles. The van der Waals surface area contributed by atoms with Gasteiger partial charge in [-0.3, -0.25) is 0 Å². The van der Waals surface area contributed by atoms with Crippen molar-refractivity contribution in [2.75, 3.05) is 7.11 Å². The van der Waals surface area contributed by atoms with Gasteiger partial charge < -0.3 is 20.4 Å². The van der Waals surface area contributed by atoms with Crippen LogP contribution in [0, 0.1) is 6.92 Å². The van der Waals surface area contributed by atoms with Crippen LogP contribution in [0.25, 0.3) is 0 Å². The largest absolute Gasteiger partial charge is 0.493 e. The van der Waals surface area contributed by atoms with Crippen molar-refractivity contribution in [3.8, 4) is 11.5 Å². The van der Waals surface area contributed by atoms with Crippen molar-refractivity contribution in [3.05, 3.63) is 53.6 Å². The third kappa shape index (κ3) is 4.95. The van der Waals surface area contributed by atoms with Crippen LogP contribution >= 0.6 is 0 Å². The van der Waals surface area contributed by atoms with Crippen molar-refractivity contribution in [1.82, 2.24) is 0 Å². The molecule has 0 bridgehead atoms. The van der Waals surface area contributed by atoms with Crippen LogP contribution in [0.3, 0.4) is 0 Å². The molecule has 0 aliphatic heterocycles. The molecule has 2 aromatic carbocycles. The fourth-order valence-corrected chi connectivity index (χ4v) is 2.84. The number of benzene rings is 2. The topological polar surface area (TPSA) is 131 Å². The Morgan fingerprint density at radius 3 is 2.40 bits per heavy atom. The minimum Gasteiger partial charge on any atom is -0.493 e. The Morgan fingerprint density at radius 1 is 1.12 bits per heavy atom. The number of ether oxygens (including phenoxy) is 1. The summed E-state index contributed by atoms with van der Waals surface area (Å²) in [5, 5.41) is 6.15. The van der Waals surface area contributed by atoms with Crippen LogP contribution in [0.15, 0.2) is 52.5 Å². The van der Waals surface area contributed by atoms with Gasteiger partial charge >= 0.3 is 10.1 Å². The summed E-state index contributed by atoms with van der Waals surface area (Å²) in [6.07, 6.45) is 1.51. The SMILES string of the molecule is COc1cc(/C=[NH+]\N=C(N)N)ccc1OS(=O)(=O)c1ccc(C)cc1. The van der Waals surface area contributed by atoms with Crippen molar-refractivity contribution < 1.29 is 22.4 Å². The summed E-state index contributed by atoms with van der Waals surface area (Å²) in [6, 6.07) is 11.0. The maximum atomic E-state index is 12.4. The van der Waals surface area contributed by atoms with Crippen molar-refractivity contribution in [3.63, 3.8) is 0 Å². The Hall–Kier alpha value is -3.07. The van der Waals surface area contributed by atoms with Gasteiger partial charge in [0.05, 0.1) is 7.11 Å². The van der Waals surface area contributed by atoms with E-state index in [0.29, 0.717) is 5.56 Å². The van der Waals surface area contributed by atoms with E-state index in [1.807, 2.05) is 6.92 Å². The molecule has 0 amide bonds. The van der Waals surface area contributed by atoms with Gasteiger partial charge in [-0.25, -0.2) is 0 Å². The molecule has 2 rings (SSSR count). The highest BCUT2D eigenvalue weighted by atomic mass is 32.2. The smallest absolute Gasteiger partial charge is 0.339 e. The third-order valence-electron chi connectivity index (χ3n) is 3.12. The van der Waals surface area contributed by atoms with Gasteiger partial charge in [-0.1, -0.05) is 17.7 Å². The molecule has 132 valence electrons. The highest BCUT2D eigenvalue weighted by molar-refractivity contribution is 7.87. The first-order valence-electron chi connectivity index (χ1n) is 7.18. The minimum absolute atomic E-state index is 0.0604. The zero-order valence-corrected chi connectivity index (χ0v) is 14.6. The molecule has 0 unspecified atom stereocenters. The highest BCUT2D eigenvalue weighted by Crippen LogP contribution is 2.30. The van der Waals surface area contributed by atoms with E-state index >= 15 is 0 Å². The molecular weight excluding hydrogens is 344 g/mol. The standard InChI is InChI=1S/C16H18N4O4S/c1-11-3-6-13(7-4-11)25(21,22)24-14-8-5-12(9-15(14)23-2)10-19-20-16(17)18/h3-10H,1-2H3,(H4,17,18,20)/p+1/b19-10-. The lowest BCUT2D eigenvalue weighted by Crippen LogP contribution is -2.63. The highest BCUT2D eigenvalue weighted by Gasteiger charge is 2.19. The van der Waals surface area contributed by atoms with E-state index in [1.54, 1.807) is 24.3 Å². The lowest BCUT2D eigenvalue weighted by molar-refractivity contribution is -0.456. The van der Waals surface area contributed by atoms with E-state index in [9.17, 15) is 8.42 Å². The predicted molar refractivity (Wildman–Crippen MR) is 93.9 cm³/mol. The second-order valence-corrected chi connectivity index (χ2v) is 6.62. The van der Waals surface area contributed by atoms with Gasteiger partial charge in [-0.05, 0) is 37.3 Å². The number of hydrogen-bond donors (Lipinski definition) is 3. The second kappa shape index (κ2) is 7.67. The molecule has 0 radical (unpaired) electrons.